The van der Waals surface area contributed by atoms with E-state index < -0.39 is 5.56 Å². The topological polar surface area (TPSA) is 164 Å². The molecule has 0 saturated heterocycles. The van der Waals surface area contributed by atoms with Gasteiger partial charge in [-0.1, -0.05) is 48.0 Å². The standard InChI is InChI=1S/C29H25ClN10O3/c1-40-25(41)19(16-31)24(17-12-14-18(30)15-13-17)34-29(40)39-38-28-36-26(32-20-8-4-6-10-22(20)42-2)35-27(37-28)33-21-9-5-7-11-23(21)43-3/h4-15H,1-3H3,(H,34,39)(H3,32,33,35,36,37,38). The van der Waals surface area contributed by atoms with Crippen LogP contribution in [0, 0.1) is 11.3 Å². The zero-order valence-corrected chi connectivity index (χ0v) is 24.0. The molecule has 216 valence electrons. The van der Waals surface area contributed by atoms with E-state index in [9.17, 15) is 10.1 Å². The van der Waals surface area contributed by atoms with Gasteiger partial charge in [0.1, 0.15) is 23.1 Å². The molecule has 2 aromatic heterocycles. The fraction of sp³-hybridized carbons (Fsp3) is 0.103. The average Bonchev–Trinajstić information content (AvgIpc) is 3.02. The van der Waals surface area contributed by atoms with Gasteiger partial charge in [0.05, 0.1) is 31.3 Å². The van der Waals surface area contributed by atoms with Crippen LogP contribution in [0.4, 0.5) is 35.2 Å². The van der Waals surface area contributed by atoms with Crippen molar-refractivity contribution in [2.24, 2.45) is 7.05 Å². The van der Waals surface area contributed by atoms with Crippen LogP contribution in [0.2, 0.25) is 5.02 Å². The minimum Gasteiger partial charge on any atom is -0.495 e. The third-order valence-electron chi connectivity index (χ3n) is 6.15. The van der Waals surface area contributed by atoms with Crippen LogP contribution in [0.15, 0.2) is 77.6 Å². The monoisotopic (exact) mass is 596 g/mol. The van der Waals surface area contributed by atoms with Gasteiger partial charge in [-0.25, -0.2) is 4.98 Å². The molecule has 0 spiro atoms. The lowest BCUT2D eigenvalue weighted by atomic mass is 10.1. The highest BCUT2D eigenvalue weighted by molar-refractivity contribution is 6.30. The van der Waals surface area contributed by atoms with Crippen molar-refractivity contribution in [2.45, 2.75) is 0 Å². The summed E-state index contributed by atoms with van der Waals surface area (Å²) in [6, 6.07) is 23.2. The first kappa shape index (κ1) is 28.7. The average molecular weight is 597 g/mol. The highest BCUT2D eigenvalue weighted by Gasteiger charge is 2.17. The molecule has 2 heterocycles. The van der Waals surface area contributed by atoms with E-state index in [2.05, 4.69) is 41.4 Å². The number of hydrazine groups is 1. The maximum absolute atomic E-state index is 13.1. The van der Waals surface area contributed by atoms with Crippen LogP contribution in [0.1, 0.15) is 5.56 Å². The summed E-state index contributed by atoms with van der Waals surface area (Å²) in [6.45, 7) is 0. The maximum Gasteiger partial charge on any atom is 0.273 e. The van der Waals surface area contributed by atoms with Crippen LogP contribution in [0.5, 0.6) is 11.5 Å². The van der Waals surface area contributed by atoms with E-state index in [0.29, 0.717) is 33.5 Å². The van der Waals surface area contributed by atoms with Crippen molar-refractivity contribution in [3.8, 4) is 28.8 Å². The van der Waals surface area contributed by atoms with E-state index >= 15 is 0 Å². The number of rotatable bonds is 10. The smallest absolute Gasteiger partial charge is 0.273 e. The normalized spacial score (nSPS) is 10.4. The van der Waals surface area contributed by atoms with E-state index in [0.717, 1.165) is 0 Å². The Morgan fingerprint density at radius 1 is 0.767 bits per heavy atom. The van der Waals surface area contributed by atoms with Crippen molar-refractivity contribution in [2.75, 3.05) is 35.7 Å². The second-order valence-electron chi connectivity index (χ2n) is 8.85. The van der Waals surface area contributed by atoms with Gasteiger partial charge < -0.3 is 20.1 Å². The van der Waals surface area contributed by atoms with Crippen molar-refractivity contribution in [1.82, 2.24) is 24.5 Å². The van der Waals surface area contributed by atoms with Gasteiger partial charge in [0.25, 0.3) is 5.56 Å². The van der Waals surface area contributed by atoms with Crippen molar-refractivity contribution < 1.29 is 9.47 Å². The molecule has 0 amide bonds. The minimum atomic E-state index is -0.542. The van der Waals surface area contributed by atoms with Gasteiger partial charge >= 0.3 is 0 Å². The number of benzene rings is 3. The quantitative estimate of drug-likeness (QED) is 0.158. The largest absolute Gasteiger partial charge is 0.495 e. The van der Waals surface area contributed by atoms with Gasteiger partial charge in [0, 0.05) is 17.6 Å². The van der Waals surface area contributed by atoms with E-state index in [1.807, 2.05) is 42.5 Å². The lowest BCUT2D eigenvalue weighted by Crippen LogP contribution is -2.27. The first-order valence-corrected chi connectivity index (χ1v) is 13.1. The van der Waals surface area contributed by atoms with Crippen molar-refractivity contribution in [3.05, 3.63) is 93.7 Å². The number of hydrogen-bond donors (Lipinski definition) is 4. The summed E-state index contributed by atoms with van der Waals surface area (Å²) in [7, 11) is 4.61. The summed E-state index contributed by atoms with van der Waals surface area (Å²) < 4.78 is 12.1. The van der Waals surface area contributed by atoms with Gasteiger partial charge in [-0.3, -0.25) is 20.2 Å². The van der Waals surface area contributed by atoms with E-state index in [1.165, 1.54) is 11.6 Å². The number of methoxy groups -OCH3 is 2. The third-order valence-corrected chi connectivity index (χ3v) is 6.40. The molecule has 0 bridgehead atoms. The van der Waals surface area contributed by atoms with Crippen molar-refractivity contribution >= 4 is 46.8 Å². The van der Waals surface area contributed by atoms with Crippen molar-refractivity contribution in [3.63, 3.8) is 0 Å². The highest BCUT2D eigenvalue weighted by atomic mass is 35.5. The molecular weight excluding hydrogens is 572 g/mol. The van der Waals surface area contributed by atoms with Crippen LogP contribution < -0.4 is 36.5 Å². The number of aromatic nitrogens is 5. The second kappa shape index (κ2) is 12.8. The number of nitriles is 1. The molecule has 0 unspecified atom stereocenters. The van der Waals surface area contributed by atoms with Crippen LogP contribution in [-0.4, -0.2) is 38.7 Å². The number of anilines is 6. The zero-order chi connectivity index (χ0) is 30.3. The van der Waals surface area contributed by atoms with Crippen LogP contribution in [0.25, 0.3) is 11.3 Å². The van der Waals surface area contributed by atoms with E-state index in [1.54, 1.807) is 50.6 Å². The summed E-state index contributed by atoms with van der Waals surface area (Å²) in [6.07, 6.45) is 0. The number of halogens is 1. The molecule has 5 aromatic rings. The van der Waals surface area contributed by atoms with E-state index in [4.69, 9.17) is 21.1 Å². The fourth-order valence-corrected chi connectivity index (χ4v) is 4.15. The summed E-state index contributed by atoms with van der Waals surface area (Å²) >= 11 is 6.02. The number of nitrogens with one attached hydrogen (secondary N) is 4. The Labute approximate surface area is 251 Å². The number of para-hydroxylation sites is 4. The fourth-order valence-electron chi connectivity index (χ4n) is 4.02. The van der Waals surface area contributed by atoms with Gasteiger partial charge in [-0.05, 0) is 36.4 Å². The Hall–Kier alpha value is -5.87. The van der Waals surface area contributed by atoms with Gasteiger partial charge in [0.15, 0.2) is 0 Å². The Bertz CT molecular complexity index is 1810. The third kappa shape index (κ3) is 6.39. The maximum atomic E-state index is 13.1. The molecule has 3 aromatic carbocycles. The second-order valence-corrected chi connectivity index (χ2v) is 9.29. The molecular formula is C29H25ClN10O3. The van der Waals surface area contributed by atoms with Crippen LogP contribution in [-0.2, 0) is 7.05 Å². The Balaban J connectivity index is 1.51. The zero-order valence-electron chi connectivity index (χ0n) is 23.2. The molecule has 13 nitrogen and oxygen atoms in total. The SMILES string of the molecule is COc1ccccc1Nc1nc(NNc2nc(-c3ccc(Cl)cc3)c(C#N)c(=O)n2C)nc(Nc2ccccc2OC)n1. The molecule has 43 heavy (non-hydrogen) atoms. The number of ether oxygens (including phenoxy) is 2. The Kier molecular flexibility index (Phi) is 8.50. The molecule has 0 aliphatic heterocycles. The first-order valence-electron chi connectivity index (χ1n) is 12.8. The number of hydrogen-bond acceptors (Lipinski definition) is 12. The lowest BCUT2D eigenvalue weighted by molar-refractivity contribution is 0.417. The predicted octanol–water partition coefficient (Wildman–Crippen LogP) is 5.10. The molecule has 0 aliphatic carbocycles. The molecule has 5 rings (SSSR count). The molecule has 0 aliphatic rings. The first-order chi connectivity index (χ1) is 20.9. The minimum absolute atomic E-state index is 0.0800. The molecule has 0 radical (unpaired) electrons. The van der Waals surface area contributed by atoms with Crippen LogP contribution >= 0.6 is 11.6 Å². The summed E-state index contributed by atoms with van der Waals surface area (Å²) in [5.41, 5.74) is 7.11. The summed E-state index contributed by atoms with van der Waals surface area (Å²) in [5, 5.41) is 16.5. The molecule has 14 heteroatoms. The summed E-state index contributed by atoms with van der Waals surface area (Å²) in [4.78, 5) is 31.0. The molecule has 0 atom stereocenters. The lowest BCUT2D eigenvalue weighted by Gasteiger charge is -2.16. The highest BCUT2D eigenvalue weighted by Crippen LogP contribution is 2.29. The van der Waals surface area contributed by atoms with Crippen molar-refractivity contribution in [1.29, 1.82) is 5.26 Å². The van der Waals surface area contributed by atoms with Gasteiger partial charge in [-0.15, -0.1) is 0 Å². The summed E-state index contributed by atoms with van der Waals surface area (Å²) in [5.74, 6) is 1.72. The molecule has 0 fully saturated rings. The van der Waals surface area contributed by atoms with Crippen LogP contribution in [0.3, 0.4) is 0 Å². The Morgan fingerprint density at radius 2 is 1.30 bits per heavy atom. The van der Waals surface area contributed by atoms with E-state index in [-0.39, 0.29) is 35.1 Å². The van der Waals surface area contributed by atoms with Gasteiger partial charge in [-0.2, -0.15) is 20.2 Å². The number of nitrogens with zero attached hydrogens (tertiary/aromatic N) is 6. The van der Waals surface area contributed by atoms with Gasteiger partial charge in [0.2, 0.25) is 23.8 Å². The predicted molar refractivity (Wildman–Crippen MR) is 164 cm³/mol. The molecule has 4 N–H and O–H groups in total. The Morgan fingerprint density at radius 3 is 1.84 bits per heavy atom. The molecule has 0 saturated carbocycles.